The molecule has 6 unspecified atom stereocenters. The molecule has 0 bridgehead atoms. The van der Waals surface area contributed by atoms with Crippen LogP contribution in [0.1, 0.15) is 125 Å². The lowest BCUT2D eigenvalue weighted by molar-refractivity contribution is 0.0941. The number of rotatable bonds is 0. The van der Waals surface area contributed by atoms with E-state index in [9.17, 15) is 0 Å². The molecule has 0 aliphatic heterocycles. The van der Waals surface area contributed by atoms with Crippen LogP contribution < -0.4 is 0 Å². The molecule has 2 spiro atoms. The Morgan fingerprint density at radius 3 is 1.42 bits per heavy atom. The molecule has 0 saturated carbocycles. The predicted octanol–water partition coefficient (Wildman–Crippen LogP) is 12.6. The lowest BCUT2D eigenvalue weighted by Crippen LogP contribution is -2.43. The highest BCUT2D eigenvalue weighted by molar-refractivity contribution is 6.29. The lowest BCUT2D eigenvalue weighted by Gasteiger charge is -2.48. The summed E-state index contributed by atoms with van der Waals surface area (Å²) >= 11 is 0. The Morgan fingerprint density at radius 1 is 0.403 bits per heavy atom. The number of hydrogen-bond acceptors (Lipinski definition) is 2. The van der Waals surface area contributed by atoms with Crippen molar-refractivity contribution in [2.75, 3.05) is 0 Å². The van der Waals surface area contributed by atoms with Crippen molar-refractivity contribution in [1.82, 2.24) is 4.40 Å². The second-order valence-electron chi connectivity index (χ2n) is 20.0. The Hall–Kier alpha value is -7.10. The Labute approximate surface area is 356 Å². The molecule has 6 atom stereocenters. The van der Waals surface area contributed by atoms with Gasteiger partial charge in [0.05, 0.1) is 28.4 Å². The quantitative estimate of drug-likeness (QED) is 0.153. The minimum Gasteiger partial charge on any atom is -0.308 e. The molecule has 288 valence electrons. The first-order chi connectivity index (χ1) is 30.4. The highest BCUT2D eigenvalue weighted by Crippen LogP contribution is 2.75. The number of carbonyl (C=O) groups is 2. The Balaban J connectivity index is 1.03. The number of aromatic nitrogens is 1. The number of carbonyl (C=O) groups excluding carboxylic acids is 2. The van der Waals surface area contributed by atoms with Crippen LogP contribution in [0.4, 0.5) is 0 Å². The van der Waals surface area contributed by atoms with Gasteiger partial charge in [0.1, 0.15) is 0 Å². The van der Waals surface area contributed by atoms with Gasteiger partial charge in [-0.15, -0.1) is 0 Å². The van der Waals surface area contributed by atoms with Crippen molar-refractivity contribution in [2.24, 2.45) is 0 Å². The van der Waals surface area contributed by atoms with Gasteiger partial charge in [-0.3, -0.25) is 9.59 Å². The zero-order chi connectivity index (χ0) is 40.5. The summed E-state index contributed by atoms with van der Waals surface area (Å²) in [7, 11) is 0. The Bertz CT molecular complexity index is 3940. The third-order valence-corrected chi connectivity index (χ3v) is 17.8. The maximum Gasteiger partial charge on any atom is 0.171 e. The second-order valence-corrected chi connectivity index (χ2v) is 20.0. The summed E-state index contributed by atoms with van der Waals surface area (Å²) in [6, 6.07) is 56.0. The fourth-order valence-electron chi connectivity index (χ4n) is 15.9. The fraction of sp³-hybridized carbons (Fsp3) is 0.153. The minimum atomic E-state index is -0.424. The van der Waals surface area contributed by atoms with Crippen LogP contribution in [0.25, 0.3) is 49.2 Å². The molecule has 3 nitrogen and oxygen atoms in total. The summed E-state index contributed by atoms with van der Waals surface area (Å²) in [6.07, 6.45) is 0. The largest absolute Gasteiger partial charge is 0.308 e. The summed E-state index contributed by atoms with van der Waals surface area (Å²) < 4.78 is 2.45. The van der Waals surface area contributed by atoms with Crippen molar-refractivity contribution in [3.63, 3.8) is 0 Å². The molecule has 3 heteroatoms. The van der Waals surface area contributed by atoms with Crippen LogP contribution in [0, 0.1) is 0 Å². The topological polar surface area (TPSA) is 38.5 Å². The molecule has 2 aromatic heterocycles. The molecule has 62 heavy (non-hydrogen) atoms. The van der Waals surface area contributed by atoms with Crippen molar-refractivity contribution in [2.45, 2.75) is 53.8 Å². The van der Waals surface area contributed by atoms with Crippen molar-refractivity contribution < 1.29 is 9.59 Å². The van der Waals surface area contributed by atoms with Crippen molar-refractivity contribution in [1.29, 1.82) is 0 Å². The van der Waals surface area contributed by atoms with E-state index in [0.29, 0.717) is 0 Å². The monoisotopic (exact) mass is 789 g/mol. The molecular formula is C59H35NO2. The maximum atomic E-state index is 15.3. The van der Waals surface area contributed by atoms with Crippen molar-refractivity contribution in [3.05, 3.63) is 230 Å². The van der Waals surface area contributed by atoms with E-state index in [1.165, 1.54) is 105 Å². The van der Waals surface area contributed by atoms with Gasteiger partial charge < -0.3 is 4.40 Å². The highest BCUT2D eigenvalue weighted by Gasteiger charge is 2.70. The van der Waals surface area contributed by atoms with Crippen molar-refractivity contribution in [3.8, 4) is 11.1 Å². The average molecular weight is 790 g/mol. The molecule has 10 aromatic rings. The van der Waals surface area contributed by atoms with Gasteiger partial charge >= 0.3 is 0 Å². The minimum absolute atomic E-state index is 0.143. The van der Waals surface area contributed by atoms with Gasteiger partial charge in [-0.1, -0.05) is 135 Å². The van der Waals surface area contributed by atoms with Crippen LogP contribution in [-0.4, -0.2) is 16.0 Å². The SMILES string of the molecule is CC1(C)c2ccccc2-c2cc3c4cc5c(cc4n4c6cc7c(cc6c(c21)c34)C12c3ccccc3C1c1ccccc1C2C7=O)C(=O)C1c2ccccc2C2c3ccccc3C512. The Kier molecular flexibility index (Phi) is 4.87. The van der Waals surface area contributed by atoms with Crippen LogP contribution in [0.15, 0.2) is 152 Å². The van der Waals surface area contributed by atoms with E-state index in [4.69, 9.17) is 0 Å². The average Bonchev–Trinajstić information content (AvgIpc) is 4.10. The number of fused-ring (bicyclic) bond motifs is 22. The van der Waals surface area contributed by atoms with E-state index in [-0.39, 0.29) is 40.7 Å². The Morgan fingerprint density at radius 2 is 0.855 bits per heavy atom. The number of ketones is 2. The number of hydrogen-bond donors (Lipinski definition) is 0. The number of Topliss-reactive ketones (excluding diaryl/α,β-unsaturated/α-hetero) is 2. The van der Waals surface area contributed by atoms with Crippen molar-refractivity contribution >= 4 is 49.7 Å². The number of nitrogens with zero attached hydrogens (tertiary/aromatic N) is 1. The van der Waals surface area contributed by atoms with E-state index >= 15 is 9.59 Å². The van der Waals surface area contributed by atoms with Crippen LogP contribution in [0.5, 0.6) is 0 Å². The predicted molar refractivity (Wildman–Crippen MR) is 244 cm³/mol. The third kappa shape index (κ3) is 2.84. The third-order valence-electron chi connectivity index (χ3n) is 17.8. The van der Waals surface area contributed by atoms with E-state index in [1.54, 1.807) is 0 Å². The first kappa shape index (κ1) is 31.7. The molecule has 2 heterocycles. The number of benzene rings is 8. The highest BCUT2D eigenvalue weighted by atomic mass is 16.1. The smallest absolute Gasteiger partial charge is 0.171 e. The molecule has 17 rings (SSSR count). The molecule has 0 radical (unpaired) electrons. The summed E-state index contributed by atoms with van der Waals surface area (Å²) in [5, 5.41) is 4.88. The molecular weight excluding hydrogens is 755 g/mol. The van der Waals surface area contributed by atoms with E-state index < -0.39 is 10.8 Å². The second kappa shape index (κ2) is 9.52. The van der Waals surface area contributed by atoms with Gasteiger partial charge in [-0.25, -0.2) is 0 Å². The van der Waals surface area contributed by atoms with Crippen LogP contribution >= 0.6 is 0 Å². The van der Waals surface area contributed by atoms with Gasteiger partial charge in [0.25, 0.3) is 0 Å². The van der Waals surface area contributed by atoms with E-state index in [2.05, 4.69) is 170 Å². The van der Waals surface area contributed by atoms with Crippen LogP contribution in [0.2, 0.25) is 0 Å². The summed E-state index contributed by atoms with van der Waals surface area (Å²) in [5.74, 6) is 0.250. The summed E-state index contributed by atoms with van der Waals surface area (Å²) in [5.41, 5.74) is 21.8. The van der Waals surface area contributed by atoms with Gasteiger partial charge in [0, 0.05) is 60.8 Å². The maximum absolute atomic E-state index is 15.3. The standard InChI is InChI=1S/C59H35NO2/c1-57(2)41-20-10-7-13-28(41)36-23-37-35-24-44-38(55(61)52-31-16-5-3-14-29(31)49-33-18-8-11-21-42(33)58(44,49)52)26-46(35)60-47-27-39-45(25-40(47)48(51(36)57)54(37)60)59-43-22-12-9-19-34(43)50(59)30-15-4-6-17-32(30)53(59)56(39)62/h3-27,49-50,52-53H,1-2H3. The fourth-order valence-corrected chi connectivity index (χ4v) is 15.9. The molecule has 7 aliphatic rings. The van der Waals surface area contributed by atoms with E-state index in [0.717, 1.165) is 22.2 Å². The lowest BCUT2D eigenvalue weighted by atomic mass is 9.52. The molecule has 0 amide bonds. The summed E-state index contributed by atoms with van der Waals surface area (Å²) in [6.45, 7) is 4.78. The van der Waals surface area contributed by atoms with E-state index in [1.807, 2.05) is 0 Å². The summed E-state index contributed by atoms with van der Waals surface area (Å²) in [4.78, 5) is 30.6. The van der Waals surface area contributed by atoms with Gasteiger partial charge in [0.2, 0.25) is 0 Å². The molecule has 0 N–H and O–H groups in total. The van der Waals surface area contributed by atoms with Crippen LogP contribution in [-0.2, 0) is 16.2 Å². The van der Waals surface area contributed by atoms with Gasteiger partial charge in [-0.2, -0.15) is 0 Å². The zero-order valence-electron chi connectivity index (χ0n) is 34.0. The molecule has 7 aliphatic carbocycles. The van der Waals surface area contributed by atoms with Gasteiger partial charge in [-0.05, 0) is 108 Å². The molecule has 0 fully saturated rings. The first-order valence-electron chi connectivity index (χ1n) is 22.3. The normalized spacial score (nSPS) is 26.2. The zero-order valence-corrected chi connectivity index (χ0v) is 34.0. The van der Waals surface area contributed by atoms with Crippen LogP contribution in [0.3, 0.4) is 0 Å². The van der Waals surface area contributed by atoms with Gasteiger partial charge in [0.15, 0.2) is 11.6 Å². The molecule has 8 aromatic carbocycles. The first-order valence-corrected chi connectivity index (χ1v) is 22.3. The molecule has 0 saturated heterocycles.